The lowest BCUT2D eigenvalue weighted by atomic mass is 10.0. The number of carbonyl (C=O) groups is 1. The van der Waals surface area contributed by atoms with Gasteiger partial charge >= 0.3 is 12.1 Å². The fourth-order valence-electron chi connectivity index (χ4n) is 4.18. The van der Waals surface area contributed by atoms with Gasteiger partial charge in [0.1, 0.15) is 17.3 Å². The van der Waals surface area contributed by atoms with E-state index >= 15 is 0 Å². The molecule has 0 fully saturated rings. The Labute approximate surface area is 222 Å². The maximum absolute atomic E-state index is 14.3. The molecule has 0 bridgehead atoms. The number of aromatic nitrogens is 3. The van der Waals surface area contributed by atoms with Gasteiger partial charge in [-0.3, -0.25) is 5.01 Å². The van der Waals surface area contributed by atoms with Crippen molar-refractivity contribution >= 4 is 12.2 Å². The van der Waals surface area contributed by atoms with E-state index in [0.717, 1.165) is 23.2 Å². The van der Waals surface area contributed by atoms with Gasteiger partial charge in [-0.25, -0.2) is 18.6 Å². The number of aliphatic carboxylic acids is 1. The minimum Gasteiger partial charge on any atom is -0.494 e. The fraction of sp³-hybridized carbons (Fsp3) is 0.231. The Hall–Kier alpha value is -4.75. The summed E-state index contributed by atoms with van der Waals surface area (Å²) in [5.74, 6) is -3.84. The Morgan fingerprint density at radius 2 is 2.00 bits per heavy atom. The van der Waals surface area contributed by atoms with E-state index in [-0.39, 0.29) is 53.0 Å². The summed E-state index contributed by atoms with van der Waals surface area (Å²) in [4.78, 5) is 19.3. The van der Waals surface area contributed by atoms with E-state index in [2.05, 4.69) is 20.2 Å². The van der Waals surface area contributed by atoms with Gasteiger partial charge in [0.15, 0.2) is 17.4 Å². The third-order valence-corrected chi connectivity index (χ3v) is 6.04. The van der Waals surface area contributed by atoms with Gasteiger partial charge in [-0.1, -0.05) is 18.1 Å². The Kier molecular flexibility index (Phi) is 7.00. The lowest BCUT2D eigenvalue weighted by Gasteiger charge is -2.25. The van der Waals surface area contributed by atoms with E-state index < -0.39 is 35.4 Å². The third kappa shape index (κ3) is 5.11. The highest BCUT2D eigenvalue weighted by Crippen LogP contribution is 2.40. The topological polar surface area (TPSA) is 117 Å². The SMILES string of the molecule is CCCOc1ccc(-c2cc(C(C(=O)O)N3Cc4nc(-c5cccc(F)c5F)[nH]c4C=N3)on2)c(C(F)(F)F)c1. The number of H-pyrrole nitrogens is 1. The largest absolute Gasteiger partial charge is 0.494 e. The Morgan fingerprint density at radius 1 is 1.20 bits per heavy atom. The Balaban J connectivity index is 1.44. The minimum atomic E-state index is -4.75. The summed E-state index contributed by atoms with van der Waals surface area (Å²) in [7, 11) is 0. The summed E-state index contributed by atoms with van der Waals surface area (Å²) in [6, 6.07) is 6.49. The smallest absolute Gasteiger partial charge is 0.417 e. The maximum Gasteiger partial charge on any atom is 0.417 e. The zero-order chi connectivity index (χ0) is 28.6. The van der Waals surface area contributed by atoms with Crippen molar-refractivity contribution < 1.29 is 41.1 Å². The molecule has 2 aromatic heterocycles. The highest BCUT2D eigenvalue weighted by molar-refractivity contribution is 5.82. The van der Waals surface area contributed by atoms with Gasteiger partial charge in [-0.15, -0.1) is 0 Å². The number of hydrogen-bond acceptors (Lipinski definition) is 7. The Bertz CT molecular complexity index is 1600. The van der Waals surface area contributed by atoms with Crippen LogP contribution in [0.25, 0.3) is 22.6 Å². The van der Waals surface area contributed by atoms with Crippen LogP contribution in [-0.2, 0) is 17.5 Å². The average Bonchev–Trinajstić information content (AvgIpc) is 3.55. The summed E-state index contributed by atoms with van der Waals surface area (Å²) in [6.45, 7) is 1.86. The van der Waals surface area contributed by atoms with Crippen molar-refractivity contribution in [2.75, 3.05) is 6.61 Å². The number of nitrogens with zero attached hydrogens (tertiary/aromatic N) is 4. The van der Waals surface area contributed by atoms with E-state index in [4.69, 9.17) is 9.26 Å². The van der Waals surface area contributed by atoms with Crippen molar-refractivity contribution in [3.05, 3.63) is 76.8 Å². The van der Waals surface area contributed by atoms with Crippen LogP contribution in [0.2, 0.25) is 0 Å². The van der Waals surface area contributed by atoms with Crippen LogP contribution in [0.5, 0.6) is 5.75 Å². The number of halogens is 5. The third-order valence-electron chi connectivity index (χ3n) is 6.04. The van der Waals surface area contributed by atoms with Gasteiger partial charge in [-0.05, 0) is 36.8 Å². The monoisotopic (exact) mass is 561 g/mol. The van der Waals surface area contributed by atoms with Crippen LogP contribution in [0.1, 0.15) is 42.1 Å². The second-order valence-corrected chi connectivity index (χ2v) is 8.80. The van der Waals surface area contributed by atoms with Gasteiger partial charge < -0.3 is 19.4 Å². The molecule has 1 aliphatic rings. The van der Waals surface area contributed by atoms with Crippen molar-refractivity contribution in [1.29, 1.82) is 0 Å². The molecule has 0 saturated heterocycles. The highest BCUT2D eigenvalue weighted by Gasteiger charge is 2.37. The second-order valence-electron chi connectivity index (χ2n) is 8.80. The van der Waals surface area contributed by atoms with Gasteiger partial charge in [0.05, 0.1) is 41.9 Å². The molecule has 3 heterocycles. The van der Waals surface area contributed by atoms with Gasteiger partial charge in [0, 0.05) is 11.6 Å². The molecule has 1 unspecified atom stereocenters. The zero-order valence-corrected chi connectivity index (χ0v) is 20.7. The number of nitrogens with one attached hydrogen (secondary N) is 1. The van der Waals surface area contributed by atoms with E-state index in [1.807, 2.05) is 6.92 Å². The first kappa shape index (κ1) is 26.8. The second kappa shape index (κ2) is 10.4. The molecule has 5 rings (SSSR count). The summed E-state index contributed by atoms with van der Waals surface area (Å²) in [6.07, 6.45) is -2.90. The van der Waals surface area contributed by atoms with Crippen molar-refractivity contribution in [3.8, 4) is 28.4 Å². The van der Waals surface area contributed by atoms with Crippen LogP contribution in [0.3, 0.4) is 0 Å². The number of hydrazone groups is 1. The molecule has 0 radical (unpaired) electrons. The lowest BCUT2D eigenvalue weighted by Crippen LogP contribution is -2.32. The molecule has 1 atom stereocenters. The van der Waals surface area contributed by atoms with Crippen molar-refractivity contribution in [2.45, 2.75) is 32.1 Å². The highest BCUT2D eigenvalue weighted by atomic mass is 19.4. The lowest BCUT2D eigenvalue weighted by molar-refractivity contribution is -0.144. The van der Waals surface area contributed by atoms with Gasteiger partial charge in [0.25, 0.3) is 0 Å². The first-order valence-corrected chi connectivity index (χ1v) is 11.9. The van der Waals surface area contributed by atoms with Gasteiger partial charge in [-0.2, -0.15) is 18.3 Å². The molecule has 14 heteroatoms. The van der Waals surface area contributed by atoms with Crippen molar-refractivity contribution in [3.63, 3.8) is 0 Å². The number of benzene rings is 2. The minimum absolute atomic E-state index is 0.00942. The number of fused-ring (bicyclic) bond motifs is 1. The van der Waals surface area contributed by atoms with Crippen LogP contribution in [0, 0.1) is 11.6 Å². The number of alkyl halides is 3. The number of carboxylic acids is 1. The van der Waals surface area contributed by atoms with E-state index in [1.54, 1.807) is 0 Å². The first-order chi connectivity index (χ1) is 19.1. The molecule has 40 heavy (non-hydrogen) atoms. The van der Waals surface area contributed by atoms with Crippen molar-refractivity contribution in [1.82, 2.24) is 20.1 Å². The van der Waals surface area contributed by atoms with Crippen molar-refractivity contribution in [2.24, 2.45) is 5.10 Å². The molecular formula is C26H20F5N5O4. The number of ether oxygens (including phenoxy) is 1. The summed E-state index contributed by atoms with van der Waals surface area (Å²) in [5, 5.41) is 18.8. The normalized spacial score (nSPS) is 13.8. The molecule has 0 saturated carbocycles. The molecule has 0 aliphatic carbocycles. The predicted octanol–water partition coefficient (Wildman–Crippen LogP) is 5.79. The fourth-order valence-corrected chi connectivity index (χ4v) is 4.18. The quantitative estimate of drug-likeness (QED) is 0.262. The number of hydrogen-bond donors (Lipinski definition) is 2. The first-order valence-electron chi connectivity index (χ1n) is 11.9. The van der Waals surface area contributed by atoms with Gasteiger partial charge in [0.2, 0.25) is 6.04 Å². The summed E-state index contributed by atoms with van der Waals surface area (Å²) < 4.78 is 80.0. The molecule has 9 nitrogen and oxygen atoms in total. The van der Waals surface area contributed by atoms with E-state index in [9.17, 15) is 31.9 Å². The van der Waals surface area contributed by atoms with Crippen LogP contribution < -0.4 is 4.74 Å². The van der Waals surface area contributed by atoms with E-state index in [1.165, 1.54) is 30.5 Å². The maximum atomic E-state index is 14.3. The molecule has 208 valence electrons. The molecule has 0 amide bonds. The Morgan fingerprint density at radius 3 is 2.73 bits per heavy atom. The number of rotatable bonds is 8. The van der Waals surface area contributed by atoms with Crippen LogP contribution >= 0.6 is 0 Å². The van der Waals surface area contributed by atoms with E-state index in [0.29, 0.717) is 12.1 Å². The molecule has 0 spiro atoms. The molecule has 2 aromatic carbocycles. The van der Waals surface area contributed by atoms with Crippen LogP contribution in [-0.4, -0.2) is 44.0 Å². The predicted molar refractivity (Wildman–Crippen MR) is 130 cm³/mol. The summed E-state index contributed by atoms with van der Waals surface area (Å²) >= 11 is 0. The molecular weight excluding hydrogens is 541 g/mol. The molecule has 1 aliphatic heterocycles. The molecule has 4 aromatic rings. The van der Waals surface area contributed by atoms with Crippen LogP contribution in [0.15, 0.2) is 52.1 Å². The standard InChI is InChI=1S/C26H20F5N5O4/c1-2-8-39-13-6-7-14(16(9-13)26(29,30)31)18-10-21(40-35-18)23(25(37)38)36-12-20-19(11-32-36)33-24(34-20)15-4-3-5-17(27)22(15)28/h3-7,9-11,23H,2,8,12H2,1H3,(H,33,34)(H,37,38). The molecule has 2 N–H and O–H groups in total. The zero-order valence-electron chi connectivity index (χ0n) is 20.7. The number of carboxylic acid groups (broad SMARTS) is 1. The number of imidazole rings is 1. The van der Waals surface area contributed by atoms with Crippen LogP contribution in [0.4, 0.5) is 22.0 Å². The summed E-state index contributed by atoms with van der Waals surface area (Å²) in [5.41, 5.74) is -1.09. The number of aromatic amines is 1. The average molecular weight is 561 g/mol.